The smallest absolute Gasteiger partial charge is 0.387 e. The van der Waals surface area contributed by atoms with Crippen molar-refractivity contribution >= 4 is 5.91 Å². The zero-order chi connectivity index (χ0) is 12.3. The maximum atomic E-state index is 13.2. The minimum Gasteiger partial charge on any atom is -0.434 e. The summed E-state index contributed by atoms with van der Waals surface area (Å²) in [4.78, 5) is 10.5. The molecule has 0 saturated carbocycles. The van der Waals surface area contributed by atoms with Crippen molar-refractivity contribution in [2.75, 3.05) is 0 Å². The third kappa shape index (κ3) is 2.41. The highest BCUT2D eigenvalue weighted by Crippen LogP contribution is 2.35. The number of ether oxygens (including phenoxy) is 1. The third-order valence-electron chi connectivity index (χ3n) is 1.75. The van der Waals surface area contributed by atoms with Crippen molar-refractivity contribution in [2.24, 2.45) is 5.73 Å². The van der Waals surface area contributed by atoms with E-state index >= 15 is 0 Å². The van der Waals surface area contributed by atoms with Gasteiger partial charge in [0.05, 0.1) is 5.56 Å². The van der Waals surface area contributed by atoms with Crippen molar-refractivity contribution in [1.82, 2.24) is 0 Å². The average Bonchev–Trinajstić information content (AvgIpc) is 2.17. The van der Waals surface area contributed by atoms with Crippen molar-refractivity contribution in [3.63, 3.8) is 0 Å². The van der Waals surface area contributed by atoms with E-state index in [1.807, 2.05) is 0 Å². The van der Waals surface area contributed by atoms with E-state index in [-0.39, 0.29) is 0 Å². The summed E-state index contributed by atoms with van der Waals surface area (Å²) in [6, 6.07) is 4.07. The Morgan fingerprint density at radius 2 is 1.88 bits per heavy atom. The van der Waals surface area contributed by atoms with Crippen LogP contribution in [0.25, 0.3) is 0 Å². The lowest BCUT2D eigenvalue weighted by Gasteiger charge is -2.16. The Balaban J connectivity index is 3.17. The zero-order valence-electron chi connectivity index (χ0n) is 7.79. The Morgan fingerprint density at radius 1 is 1.31 bits per heavy atom. The summed E-state index contributed by atoms with van der Waals surface area (Å²) in [6.07, 6.45) is 0. The second-order valence-electron chi connectivity index (χ2n) is 2.81. The predicted octanol–water partition coefficient (Wildman–Crippen LogP) is 1.87. The van der Waals surface area contributed by atoms with Gasteiger partial charge in [0, 0.05) is 0 Å². The molecule has 1 aromatic carbocycles. The number of hydrogen-bond donors (Lipinski definition) is 1. The quantitative estimate of drug-likeness (QED) is 0.812. The lowest BCUT2D eigenvalue weighted by molar-refractivity contribution is -0.144. The van der Waals surface area contributed by atoms with Gasteiger partial charge in [0.25, 0.3) is 5.91 Å². The predicted molar refractivity (Wildman–Crippen MR) is 46.2 cm³/mol. The highest BCUT2D eigenvalue weighted by molar-refractivity contribution is 5.83. The van der Waals surface area contributed by atoms with Crippen LogP contribution >= 0.6 is 0 Å². The topological polar surface area (TPSA) is 52.3 Å². The van der Waals surface area contributed by atoms with Crippen molar-refractivity contribution in [3.8, 4) is 5.75 Å². The van der Waals surface area contributed by atoms with Gasteiger partial charge in [-0.3, -0.25) is 4.79 Å². The Hall–Kier alpha value is -1.79. The second-order valence-corrected chi connectivity index (χ2v) is 2.81. The van der Waals surface area contributed by atoms with Gasteiger partial charge in [-0.1, -0.05) is 12.1 Å². The molecule has 0 saturated heterocycles. The van der Waals surface area contributed by atoms with E-state index < -0.39 is 29.8 Å². The number of benzene rings is 1. The molecule has 7 heteroatoms. The second kappa shape index (κ2) is 4.38. The molecule has 0 bridgehead atoms. The summed E-state index contributed by atoms with van der Waals surface area (Å²) in [6.45, 7) is -3.26. The van der Waals surface area contributed by atoms with Gasteiger partial charge in [0.2, 0.25) is 0 Å². The van der Waals surface area contributed by atoms with Crippen LogP contribution in [0.15, 0.2) is 24.3 Å². The number of amides is 1. The van der Waals surface area contributed by atoms with Crippen LogP contribution in [0, 0.1) is 0 Å². The monoisotopic (exact) mass is 237 g/mol. The van der Waals surface area contributed by atoms with E-state index in [4.69, 9.17) is 0 Å². The van der Waals surface area contributed by atoms with Crippen LogP contribution in [0.1, 0.15) is 5.56 Å². The molecule has 0 unspecified atom stereocenters. The largest absolute Gasteiger partial charge is 0.434 e. The number of primary amides is 1. The number of rotatable bonds is 4. The molecule has 0 heterocycles. The van der Waals surface area contributed by atoms with Crippen LogP contribution < -0.4 is 10.5 Å². The third-order valence-corrected chi connectivity index (χ3v) is 1.75. The molecule has 0 aromatic heterocycles. The standard InChI is InChI=1S/C9H7F4NO2/c10-8(11)16-6-4-2-1-3-5(6)9(12,13)7(14)15/h1-4,8H,(H2,14,15). The zero-order valence-corrected chi connectivity index (χ0v) is 7.79. The van der Waals surface area contributed by atoms with E-state index in [9.17, 15) is 22.4 Å². The van der Waals surface area contributed by atoms with Crippen LogP contribution in [0.4, 0.5) is 17.6 Å². The number of halogens is 4. The molecule has 1 aromatic rings. The van der Waals surface area contributed by atoms with Crippen molar-refractivity contribution in [2.45, 2.75) is 12.5 Å². The summed E-state index contributed by atoms with van der Waals surface area (Å²) >= 11 is 0. The molecule has 2 N–H and O–H groups in total. The molecule has 0 spiro atoms. The number of carbonyl (C=O) groups is 1. The van der Waals surface area contributed by atoms with Gasteiger partial charge in [-0.25, -0.2) is 0 Å². The van der Waals surface area contributed by atoms with Crippen molar-refractivity contribution < 1.29 is 27.1 Å². The highest BCUT2D eigenvalue weighted by Gasteiger charge is 2.41. The first-order chi connectivity index (χ1) is 7.35. The van der Waals surface area contributed by atoms with Gasteiger partial charge in [-0.2, -0.15) is 17.6 Å². The Labute approximate surface area is 87.8 Å². The summed E-state index contributed by atoms with van der Waals surface area (Å²) in [5, 5.41) is 0. The van der Waals surface area contributed by atoms with Crippen molar-refractivity contribution in [3.05, 3.63) is 29.8 Å². The molecular weight excluding hydrogens is 230 g/mol. The molecule has 0 aliphatic rings. The molecule has 1 amide bonds. The van der Waals surface area contributed by atoms with E-state index in [0.717, 1.165) is 18.2 Å². The molecule has 0 aliphatic heterocycles. The summed E-state index contributed by atoms with van der Waals surface area (Å²) in [5.41, 5.74) is 3.49. The fourth-order valence-corrected chi connectivity index (χ4v) is 1.06. The van der Waals surface area contributed by atoms with Crippen LogP contribution in [-0.4, -0.2) is 12.5 Å². The van der Waals surface area contributed by atoms with Crippen LogP contribution in [0.2, 0.25) is 0 Å². The lowest BCUT2D eigenvalue weighted by Crippen LogP contribution is -2.33. The van der Waals surface area contributed by atoms with Gasteiger partial charge >= 0.3 is 12.5 Å². The molecule has 3 nitrogen and oxygen atoms in total. The van der Waals surface area contributed by atoms with Gasteiger partial charge < -0.3 is 10.5 Å². The summed E-state index contributed by atoms with van der Waals surface area (Å²) < 4.78 is 54.1. The average molecular weight is 237 g/mol. The first kappa shape index (κ1) is 12.3. The minimum atomic E-state index is -4.05. The number of hydrogen-bond acceptors (Lipinski definition) is 2. The Morgan fingerprint density at radius 3 is 2.38 bits per heavy atom. The molecule has 1 rings (SSSR count). The fraction of sp³-hybridized carbons (Fsp3) is 0.222. The first-order valence-electron chi connectivity index (χ1n) is 4.07. The van der Waals surface area contributed by atoms with E-state index in [1.54, 1.807) is 0 Å². The van der Waals surface area contributed by atoms with Gasteiger partial charge in [0.15, 0.2) is 0 Å². The minimum absolute atomic E-state index is 0.777. The number of carbonyl (C=O) groups excluding carboxylic acids is 1. The maximum absolute atomic E-state index is 13.2. The van der Waals surface area contributed by atoms with Crippen LogP contribution in [-0.2, 0) is 10.7 Å². The molecule has 88 valence electrons. The molecule has 0 fully saturated rings. The molecule has 0 aliphatic carbocycles. The number of nitrogens with two attached hydrogens (primary N) is 1. The molecule has 0 atom stereocenters. The van der Waals surface area contributed by atoms with Gasteiger partial charge in [0.1, 0.15) is 5.75 Å². The van der Waals surface area contributed by atoms with Gasteiger partial charge in [-0.15, -0.1) is 0 Å². The lowest BCUT2D eigenvalue weighted by atomic mass is 10.1. The molecule has 0 radical (unpaired) electrons. The molecular formula is C9H7F4NO2. The van der Waals surface area contributed by atoms with E-state index in [0.29, 0.717) is 0 Å². The van der Waals surface area contributed by atoms with Crippen LogP contribution in [0.5, 0.6) is 5.75 Å². The maximum Gasteiger partial charge on any atom is 0.387 e. The fourth-order valence-electron chi connectivity index (χ4n) is 1.06. The van der Waals surface area contributed by atoms with Crippen LogP contribution in [0.3, 0.4) is 0 Å². The highest BCUT2D eigenvalue weighted by atomic mass is 19.3. The van der Waals surface area contributed by atoms with Gasteiger partial charge in [-0.05, 0) is 12.1 Å². The number of para-hydroxylation sites is 1. The van der Waals surface area contributed by atoms with Crippen molar-refractivity contribution in [1.29, 1.82) is 0 Å². The molecule has 16 heavy (non-hydrogen) atoms. The number of alkyl halides is 4. The van der Waals surface area contributed by atoms with E-state index in [2.05, 4.69) is 10.5 Å². The Kier molecular flexibility index (Phi) is 3.36. The first-order valence-corrected chi connectivity index (χ1v) is 4.07. The van der Waals surface area contributed by atoms with E-state index in [1.165, 1.54) is 6.07 Å². The summed E-state index contributed by atoms with van der Waals surface area (Å²) in [7, 11) is 0. The SMILES string of the molecule is NC(=O)C(F)(F)c1ccccc1OC(F)F. The normalized spacial score (nSPS) is 11.6. The summed E-state index contributed by atoms with van der Waals surface area (Å²) in [5.74, 6) is -6.76. The Bertz CT molecular complexity index is 395.